The van der Waals surface area contributed by atoms with Crippen LogP contribution in [0.5, 0.6) is 11.5 Å². The maximum absolute atomic E-state index is 13.4. The standard InChI is InChI=1S/C27H22Br5N3O3/c1-3-5-23-34-21-9-8-17(28)11-19(21)27(36)35(23)33-13-16-10-22(37-4-2)26(25(32)24(16)31)38-14-15-6-7-18(29)12-20(15)30/h6-13H,3-5,14H2,1-2H3. The Morgan fingerprint density at radius 3 is 2.39 bits per heavy atom. The zero-order valence-corrected chi connectivity index (χ0v) is 28.3. The highest BCUT2D eigenvalue weighted by Gasteiger charge is 2.18. The lowest BCUT2D eigenvalue weighted by Gasteiger charge is -2.17. The fraction of sp³-hybridized carbons (Fsp3) is 0.222. The molecule has 0 saturated carbocycles. The largest absolute Gasteiger partial charge is 0.490 e. The maximum atomic E-state index is 13.4. The van der Waals surface area contributed by atoms with Crippen LogP contribution in [0, 0.1) is 0 Å². The van der Waals surface area contributed by atoms with E-state index in [-0.39, 0.29) is 5.56 Å². The summed E-state index contributed by atoms with van der Waals surface area (Å²) < 4.78 is 17.6. The fourth-order valence-electron chi connectivity index (χ4n) is 3.70. The van der Waals surface area contributed by atoms with Crippen LogP contribution in [0.4, 0.5) is 0 Å². The molecule has 11 heteroatoms. The molecule has 0 atom stereocenters. The highest BCUT2D eigenvalue weighted by Crippen LogP contribution is 2.43. The van der Waals surface area contributed by atoms with Gasteiger partial charge >= 0.3 is 0 Å². The zero-order chi connectivity index (χ0) is 27.4. The molecule has 1 heterocycles. The minimum absolute atomic E-state index is 0.226. The van der Waals surface area contributed by atoms with Crippen molar-refractivity contribution in [1.82, 2.24) is 9.66 Å². The molecule has 0 unspecified atom stereocenters. The predicted molar refractivity (Wildman–Crippen MR) is 170 cm³/mol. The Bertz CT molecular complexity index is 1590. The first-order chi connectivity index (χ1) is 18.2. The summed E-state index contributed by atoms with van der Waals surface area (Å²) in [6.07, 6.45) is 3.07. The summed E-state index contributed by atoms with van der Waals surface area (Å²) in [5.41, 5.74) is 2.12. The summed E-state index contributed by atoms with van der Waals surface area (Å²) in [5, 5.41) is 5.06. The second-order valence-corrected chi connectivity index (χ2v) is 12.5. The van der Waals surface area contributed by atoms with Gasteiger partial charge in [0.05, 0.1) is 28.2 Å². The van der Waals surface area contributed by atoms with Crippen LogP contribution >= 0.6 is 79.6 Å². The second-order valence-electron chi connectivity index (χ2n) is 8.18. The van der Waals surface area contributed by atoms with Crippen molar-refractivity contribution in [1.29, 1.82) is 0 Å². The Morgan fingerprint density at radius 1 is 0.947 bits per heavy atom. The Hall–Kier alpha value is -1.53. The average Bonchev–Trinajstić information content (AvgIpc) is 2.88. The van der Waals surface area contributed by atoms with Gasteiger partial charge in [-0.1, -0.05) is 60.8 Å². The molecule has 0 N–H and O–H groups in total. The molecule has 1 aromatic heterocycles. The van der Waals surface area contributed by atoms with E-state index in [2.05, 4.69) is 84.8 Å². The molecular formula is C27H22Br5N3O3. The third kappa shape index (κ3) is 6.60. The summed E-state index contributed by atoms with van der Waals surface area (Å²) >= 11 is 17.8. The van der Waals surface area contributed by atoms with Gasteiger partial charge in [-0.2, -0.15) is 9.78 Å². The monoisotopic (exact) mass is 831 g/mol. The molecule has 0 aliphatic rings. The first-order valence-electron chi connectivity index (χ1n) is 11.7. The first-order valence-corrected chi connectivity index (χ1v) is 15.7. The van der Waals surface area contributed by atoms with E-state index in [9.17, 15) is 4.79 Å². The lowest BCUT2D eigenvalue weighted by atomic mass is 10.2. The lowest BCUT2D eigenvalue weighted by molar-refractivity contribution is 0.267. The maximum Gasteiger partial charge on any atom is 0.282 e. The summed E-state index contributed by atoms with van der Waals surface area (Å²) in [6.45, 7) is 4.74. The second kappa shape index (κ2) is 13.2. The normalized spacial score (nSPS) is 11.4. The van der Waals surface area contributed by atoms with Crippen molar-refractivity contribution >= 4 is 96.8 Å². The van der Waals surface area contributed by atoms with Gasteiger partial charge in [-0.05, 0) is 81.6 Å². The summed E-state index contributed by atoms with van der Waals surface area (Å²) in [7, 11) is 0. The fourth-order valence-corrected chi connectivity index (χ4v) is 6.16. The van der Waals surface area contributed by atoms with Gasteiger partial charge in [0.1, 0.15) is 12.4 Å². The number of nitrogens with zero attached hydrogens (tertiary/aromatic N) is 3. The van der Waals surface area contributed by atoms with Gasteiger partial charge in [0, 0.05) is 35.4 Å². The number of rotatable bonds is 9. The zero-order valence-electron chi connectivity index (χ0n) is 20.4. The molecule has 0 aliphatic carbocycles. The number of hydrogen-bond acceptors (Lipinski definition) is 5. The van der Waals surface area contributed by atoms with Crippen molar-refractivity contribution in [2.45, 2.75) is 33.3 Å². The van der Waals surface area contributed by atoms with Crippen LogP contribution in [0.25, 0.3) is 10.9 Å². The van der Waals surface area contributed by atoms with Gasteiger partial charge in [-0.3, -0.25) is 4.79 Å². The molecule has 38 heavy (non-hydrogen) atoms. The van der Waals surface area contributed by atoms with E-state index in [1.165, 1.54) is 4.68 Å². The highest BCUT2D eigenvalue weighted by molar-refractivity contribution is 9.13. The molecule has 0 spiro atoms. The van der Waals surface area contributed by atoms with Crippen LogP contribution in [0.15, 0.2) is 74.7 Å². The van der Waals surface area contributed by atoms with E-state index >= 15 is 0 Å². The number of fused-ring (bicyclic) bond motifs is 1. The molecule has 0 saturated heterocycles. The van der Waals surface area contributed by atoms with E-state index in [1.54, 1.807) is 12.3 Å². The quantitative estimate of drug-likeness (QED) is 0.158. The van der Waals surface area contributed by atoms with E-state index in [0.29, 0.717) is 57.9 Å². The summed E-state index contributed by atoms with van der Waals surface area (Å²) in [5.74, 6) is 1.72. The Balaban J connectivity index is 1.74. The number of ether oxygens (including phenoxy) is 2. The SMILES string of the molecule is CCCc1nc2ccc(Br)cc2c(=O)n1N=Cc1cc(OCC)c(OCc2ccc(Br)cc2Br)c(Br)c1Br. The van der Waals surface area contributed by atoms with Crippen LogP contribution in [0.3, 0.4) is 0 Å². The van der Waals surface area contributed by atoms with Crippen LogP contribution in [-0.4, -0.2) is 22.5 Å². The van der Waals surface area contributed by atoms with Crippen molar-refractivity contribution < 1.29 is 9.47 Å². The molecule has 3 aromatic carbocycles. The van der Waals surface area contributed by atoms with Gasteiger partial charge in [0.15, 0.2) is 11.5 Å². The third-order valence-corrected chi connectivity index (χ3v) is 9.37. The molecular weight excluding hydrogens is 814 g/mol. The van der Waals surface area contributed by atoms with Crippen molar-refractivity contribution in [3.63, 3.8) is 0 Å². The molecule has 4 rings (SSSR count). The van der Waals surface area contributed by atoms with E-state index in [4.69, 9.17) is 14.5 Å². The number of aryl methyl sites for hydroxylation is 1. The van der Waals surface area contributed by atoms with Gasteiger partial charge in [-0.15, -0.1) is 0 Å². The number of benzene rings is 3. The van der Waals surface area contributed by atoms with Crippen molar-refractivity contribution in [3.8, 4) is 11.5 Å². The van der Waals surface area contributed by atoms with Gasteiger partial charge < -0.3 is 9.47 Å². The molecule has 0 amide bonds. The van der Waals surface area contributed by atoms with Crippen molar-refractivity contribution in [2.75, 3.05) is 6.61 Å². The van der Waals surface area contributed by atoms with Crippen molar-refractivity contribution in [3.05, 3.63) is 92.1 Å². The van der Waals surface area contributed by atoms with Crippen LogP contribution in [0.2, 0.25) is 0 Å². The van der Waals surface area contributed by atoms with Crippen LogP contribution in [-0.2, 0) is 13.0 Å². The van der Waals surface area contributed by atoms with Crippen LogP contribution in [0.1, 0.15) is 37.2 Å². The molecule has 0 bridgehead atoms. The minimum Gasteiger partial charge on any atom is -0.490 e. The van der Waals surface area contributed by atoms with Gasteiger partial charge in [0.25, 0.3) is 5.56 Å². The molecule has 0 aliphatic heterocycles. The molecule has 0 fully saturated rings. The predicted octanol–water partition coefficient (Wildman–Crippen LogP) is 9.02. The Kier molecular flexibility index (Phi) is 10.2. The summed E-state index contributed by atoms with van der Waals surface area (Å²) in [6, 6.07) is 13.2. The van der Waals surface area contributed by atoms with Crippen LogP contribution < -0.4 is 15.0 Å². The molecule has 4 aromatic rings. The third-order valence-electron chi connectivity index (χ3n) is 5.50. The minimum atomic E-state index is -0.226. The molecule has 198 valence electrons. The Labute approximate surface area is 262 Å². The number of aromatic nitrogens is 2. The highest BCUT2D eigenvalue weighted by atomic mass is 79.9. The average molecular weight is 836 g/mol. The number of halogens is 5. The first kappa shape index (κ1) is 29.5. The number of hydrogen-bond donors (Lipinski definition) is 0. The van der Waals surface area contributed by atoms with E-state index in [1.807, 2.05) is 50.2 Å². The van der Waals surface area contributed by atoms with E-state index in [0.717, 1.165) is 29.9 Å². The summed E-state index contributed by atoms with van der Waals surface area (Å²) in [4.78, 5) is 18.1. The topological polar surface area (TPSA) is 65.7 Å². The smallest absolute Gasteiger partial charge is 0.282 e. The lowest BCUT2D eigenvalue weighted by Crippen LogP contribution is -2.22. The van der Waals surface area contributed by atoms with Gasteiger partial charge in [0.2, 0.25) is 0 Å². The van der Waals surface area contributed by atoms with Gasteiger partial charge in [-0.25, -0.2) is 4.98 Å². The van der Waals surface area contributed by atoms with E-state index < -0.39 is 0 Å². The Morgan fingerprint density at radius 2 is 1.68 bits per heavy atom. The van der Waals surface area contributed by atoms with Crippen molar-refractivity contribution in [2.24, 2.45) is 5.10 Å². The molecule has 6 nitrogen and oxygen atoms in total. The molecule has 0 radical (unpaired) electrons.